The Hall–Kier alpha value is -3.51. The fourth-order valence-electron chi connectivity index (χ4n) is 3.00. The summed E-state index contributed by atoms with van der Waals surface area (Å²) >= 11 is 3.49. The zero-order chi connectivity index (χ0) is 23.6. The molecule has 1 aromatic carbocycles. The molecule has 33 heavy (non-hydrogen) atoms. The third-order valence-electron chi connectivity index (χ3n) is 4.70. The number of anilines is 2. The van der Waals surface area contributed by atoms with Gasteiger partial charge in [-0.15, -0.1) is 0 Å². The molecule has 0 aliphatic heterocycles. The van der Waals surface area contributed by atoms with Gasteiger partial charge in [0.05, 0.1) is 27.3 Å². The summed E-state index contributed by atoms with van der Waals surface area (Å²) in [5.41, 5.74) is 2.24. The average molecular weight is 531 g/mol. The van der Waals surface area contributed by atoms with Gasteiger partial charge in [-0.05, 0) is 72.2 Å². The predicted octanol–water partition coefficient (Wildman–Crippen LogP) is 3.75. The van der Waals surface area contributed by atoms with Crippen LogP contribution < -0.4 is 10.0 Å². The van der Waals surface area contributed by atoms with Crippen LogP contribution in [0, 0.1) is 13.8 Å². The number of halogens is 1. The first-order valence-electron chi connectivity index (χ1n) is 9.72. The minimum absolute atomic E-state index is 0.00397. The number of benzene rings is 1. The Labute approximate surface area is 198 Å². The summed E-state index contributed by atoms with van der Waals surface area (Å²) in [6, 6.07) is 10.6. The second-order valence-electron chi connectivity index (χ2n) is 7.06. The molecule has 0 saturated carbocycles. The Kier molecular flexibility index (Phi) is 6.29. The zero-order valence-corrected chi connectivity index (χ0v) is 20.0. The van der Waals surface area contributed by atoms with Crippen molar-refractivity contribution in [3.05, 3.63) is 82.2 Å². The lowest BCUT2D eigenvalue weighted by Gasteiger charge is -2.08. The van der Waals surface area contributed by atoms with Crippen LogP contribution in [0.4, 0.5) is 11.6 Å². The van der Waals surface area contributed by atoms with Crippen LogP contribution in [0.3, 0.4) is 0 Å². The van der Waals surface area contributed by atoms with Crippen molar-refractivity contribution in [2.24, 2.45) is 0 Å². The van der Waals surface area contributed by atoms with Crippen molar-refractivity contribution >= 4 is 43.5 Å². The number of nitrogens with zero attached hydrogens (tertiary/aromatic N) is 4. The number of amides is 1. The SMILES string of the molecule is Cc1nn(Cc2ccc(C(=O)Nc3ccc(S(=O)(=O)Nc4ncccn4)cc3)o2)c(C)c1Br. The van der Waals surface area contributed by atoms with E-state index in [0.29, 0.717) is 18.0 Å². The molecule has 0 unspecified atom stereocenters. The standard InChI is InChI=1S/C21H19BrN6O4S/c1-13-19(22)14(2)28(26-13)12-16-6-9-18(32-16)20(29)25-15-4-7-17(8-5-15)33(30,31)27-21-23-10-3-11-24-21/h3-11H,12H2,1-2H3,(H,25,29)(H,23,24,27). The molecule has 2 N–H and O–H groups in total. The van der Waals surface area contributed by atoms with E-state index in [1.165, 1.54) is 36.7 Å². The molecule has 1 amide bonds. The monoisotopic (exact) mass is 530 g/mol. The van der Waals surface area contributed by atoms with Gasteiger partial charge < -0.3 is 9.73 Å². The van der Waals surface area contributed by atoms with Crippen LogP contribution >= 0.6 is 15.9 Å². The largest absolute Gasteiger partial charge is 0.454 e. The first-order valence-corrected chi connectivity index (χ1v) is 12.0. The highest BCUT2D eigenvalue weighted by Gasteiger charge is 2.17. The normalized spacial score (nSPS) is 11.4. The van der Waals surface area contributed by atoms with Crippen molar-refractivity contribution in [3.8, 4) is 0 Å². The molecule has 12 heteroatoms. The van der Waals surface area contributed by atoms with Crippen LogP contribution in [0.5, 0.6) is 0 Å². The van der Waals surface area contributed by atoms with Gasteiger partial charge in [-0.3, -0.25) is 9.48 Å². The van der Waals surface area contributed by atoms with Gasteiger partial charge in [0.2, 0.25) is 5.95 Å². The topological polar surface area (TPSA) is 132 Å². The maximum atomic E-state index is 12.5. The Balaban J connectivity index is 1.41. The first kappa shape index (κ1) is 22.7. The fourth-order valence-corrected chi connectivity index (χ4v) is 4.24. The molecule has 0 radical (unpaired) electrons. The summed E-state index contributed by atoms with van der Waals surface area (Å²) in [6.07, 6.45) is 2.86. The van der Waals surface area contributed by atoms with E-state index < -0.39 is 15.9 Å². The van der Waals surface area contributed by atoms with Crippen molar-refractivity contribution in [1.29, 1.82) is 0 Å². The molecule has 3 heterocycles. The number of furan rings is 1. The van der Waals surface area contributed by atoms with Crippen LogP contribution in [0.2, 0.25) is 0 Å². The van der Waals surface area contributed by atoms with Crippen molar-refractivity contribution in [1.82, 2.24) is 19.7 Å². The summed E-state index contributed by atoms with van der Waals surface area (Å²) in [6.45, 7) is 4.22. The van der Waals surface area contributed by atoms with Crippen LogP contribution in [-0.4, -0.2) is 34.1 Å². The molecule has 0 fully saturated rings. The van der Waals surface area contributed by atoms with Gasteiger partial charge in [-0.2, -0.15) is 5.10 Å². The Bertz CT molecular complexity index is 1400. The molecule has 0 bridgehead atoms. The molecule has 0 aliphatic rings. The quantitative estimate of drug-likeness (QED) is 0.371. The lowest BCUT2D eigenvalue weighted by Crippen LogP contribution is -2.15. The minimum Gasteiger partial charge on any atom is -0.454 e. The van der Waals surface area contributed by atoms with Crippen LogP contribution in [0.25, 0.3) is 0 Å². The molecule has 4 aromatic rings. The first-order chi connectivity index (χ1) is 15.7. The van der Waals surface area contributed by atoms with Crippen molar-refractivity contribution in [2.75, 3.05) is 10.0 Å². The van der Waals surface area contributed by atoms with Crippen LogP contribution in [0.1, 0.15) is 27.7 Å². The van der Waals surface area contributed by atoms with Crippen LogP contribution in [-0.2, 0) is 16.6 Å². The number of aryl methyl sites for hydroxylation is 1. The third-order valence-corrected chi connectivity index (χ3v) is 7.19. The Morgan fingerprint density at radius 3 is 2.42 bits per heavy atom. The predicted molar refractivity (Wildman–Crippen MR) is 124 cm³/mol. The van der Waals surface area contributed by atoms with Crippen molar-refractivity contribution in [3.63, 3.8) is 0 Å². The molecule has 3 aromatic heterocycles. The maximum absolute atomic E-state index is 12.5. The van der Waals surface area contributed by atoms with Gasteiger partial charge in [0.1, 0.15) is 5.76 Å². The number of nitrogens with one attached hydrogen (secondary N) is 2. The Morgan fingerprint density at radius 2 is 1.79 bits per heavy atom. The fraction of sp³-hybridized carbons (Fsp3) is 0.143. The number of sulfonamides is 1. The van der Waals surface area contributed by atoms with Crippen LogP contribution in [0.15, 0.2) is 68.6 Å². The molecule has 0 spiro atoms. The number of rotatable bonds is 7. The van der Waals surface area contributed by atoms with Gasteiger partial charge in [-0.1, -0.05) is 0 Å². The molecule has 10 nitrogen and oxygen atoms in total. The number of aromatic nitrogens is 4. The highest BCUT2D eigenvalue weighted by atomic mass is 79.9. The molecule has 0 saturated heterocycles. The smallest absolute Gasteiger partial charge is 0.291 e. The summed E-state index contributed by atoms with van der Waals surface area (Å²) < 4.78 is 35.6. The summed E-state index contributed by atoms with van der Waals surface area (Å²) in [4.78, 5) is 20.2. The summed E-state index contributed by atoms with van der Waals surface area (Å²) in [5.74, 6) is 0.220. The van der Waals surface area contributed by atoms with Crippen molar-refractivity contribution < 1.29 is 17.6 Å². The van der Waals surface area contributed by atoms with E-state index in [1.54, 1.807) is 22.9 Å². The second kappa shape index (κ2) is 9.16. The molecular weight excluding hydrogens is 512 g/mol. The second-order valence-corrected chi connectivity index (χ2v) is 9.54. The number of carbonyl (C=O) groups excluding carboxylic acids is 1. The van der Waals surface area contributed by atoms with Gasteiger partial charge in [-0.25, -0.2) is 23.1 Å². The molecule has 4 rings (SSSR count). The average Bonchev–Trinajstić information content (AvgIpc) is 3.35. The minimum atomic E-state index is -3.86. The lowest BCUT2D eigenvalue weighted by molar-refractivity contribution is 0.0994. The van der Waals surface area contributed by atoms with Crippen molar-refractivity contribution in [2.45, 2.75) is 25.3 Å². The molecule has 0 aliphatic carbocycles. The lowest BCUT2D eigenvalue weighted by atomic mass is 10.3. The number of hydrogen-bond acceptors (Lipinski definition) is 7. The van der Waals surface area contributed by atoms with E-state index in [0.717, 1.165) is 15.9 Å². The maximum Gasteiger partial charge on any atom is 0.291 e. The van der Waals surface area contributed by atoms with Gasteiger partial charge in [0.15, 0.2) is 5.76 Å². The highest BCUT2D eigenvalue weighted by Crippen LogP contribution is 2.22. The molecular formula is C21H19BrN6O4S. The number of hydrogen-bond donors (Lipinski definition) is 2. The van der Waals surface area contributed by atoms with E-state index >= 15 is 0 Å². The van der Waals surface area contributed by atoms with Gasteiger partial charge in [0, 0.05) is 18.1 Å². The van der Waals surface area contributed by atoms with E-state index in [4.69, 9.17) is 4.42 Å². The number of carbonyl (C=O) groups is 1. The third kappa shape index (κ3) is 5.12. The highest BCUT2D eigenvalue weighted by molar-refractivity contribution is 9.10. The molecule has 170 valence electrons. The molecule has 0 atom stereocenters. The van der Waals surface area contributed by atoms with Gasteiger partial charge in [0.25, 0.3) is 15.9 Å². The van der Waals surface area contributed by atoms with E-state index in [2.05, 4.69) is 41.0 Å². The summed E-state index contributed by atoms with van der Waals surface area (Å²) in [7, 11) is -3.86. The van der Waals surface area contributed by atoms with E-state index in [9.17, 15) is 13.2 Å². The summed E-state index contributed by atoms with van der Waals surface area (Å²) in [5, 5.41) is 7.11. The van der Waals surface area contributed by atoms with E-state index in [-0.39, 0.29) is 16.6 Å². The Morgan fingerprint density at radius 1 is 1.09 bits per heavy atom. The van der Waals surface area contributed by atoms with E-state index in [1.807, 2.05) is 13.8 Å². The zero-order valence-electron chi connectivity index (χ0n) is 17.6. The van der Waals surface area contributed by atoms with Gasteiger partial charge >= 0.3 is 0 Å².